The Kier molecular flexibility index (Phi) is 5.22. The molecule has 1 heterocycles. The lowest BCUT2D eigenvalue weighted by Gasteiger charge is -2.05. The van der Waals surface area contributed by atoms with Crippen LogP contribution in [0.15, 0.2) is 67.3 Å². The van der Waals surface area contributed by atoms with Crippen LogP contribution in [0.3, 0.4) is 0 Å². The lowest BCUT2D eigenvalue weighted by atomic mass is 10.1. The van der Waals surface area contributed by atoms with Crippen molar-refractivity contribution < 1.29 is 9.18 Å². The summed E-state index contributed by atoms with van der Waals surface area (Å²) in [4.78, 5) is 16.1. The van der Waals surface area contributed by atoms with Crippen LogP contribution >= 0.6 is 0 Å². The van der Waals surface area contributed by atoms with Gasteiger partial charge in [-0.25, -0.2) is 9.37 Å². The fourth-order valence-electron chi connectivity index (χ4n) is 2.28. The van der Waals surface area contributed by atoms with Gasteiger partial charge in [-0.05, 0) is 29.8 Å². The Balaban J connectivity index is 1.54. The van der Waals surface area contributed by atoms with Crippen molar-refractivity contribution >= 4 is 5.91 Å². The predicted molar refractivity (Wildman–Crippen MR) is 93.4 cm³/mol. The molecule has 0 aliphatic rings. The smallest absolute Gasteiger partial charge is 0.252 e. The van der Waals surface area contributed by atoms with Crippen LogP contribution in [-0.2, 0) is 6.54 Å². The number of amides is 1. The number of hydrogen-bond acceptors (Lipinski definition) is 2. The molecule has 25 heavy (non-hydrogen) atoms. The first-order valence-corrected chi connectivity index (χ1v) is 7.78. The van der Waals surface area contributed by atoms with Crippen molar-refractivity contribution in [1.29, 1.82) is 0 Å². The molecular formula is C20H16FN3O. The number of benzene rings is 2. The molecule has 1 aromatic heterocycles. The number of nitrogens with one attached hydrogen (secondary N) is 1. The van der Waals surface area contributed by atoms with Crippen LogP contribution < -0.4 is 5.32 Å². The van der Waals surface area contributed by atoms with Crippen molar-refractivity contribution in [2.24, 2.45) is 0 Å². The predicted octanol–water partition coefficient (Wildman–Crippen LogP) is 2.85. The fourth-order valence-corrected chi connectivity index (χ4v) is 2.28. The SMILES string of the molecule is O=C(NCC#Cc1ccccc1F)c1ccc(Cn2ccnc2)cc1. The summed E-state index contributed by atoms with van der Waals surface area (Å²) < 4.78 is 15.4. The normalized spacial score (nSPS) is 9.96. The Bertz CT molecular complexity index is 906. The molecule has 0 radical (unpaired) electrons. The summed E-state index contributed by atoms with van der Waals surface area (Å²) in [7, 11) is 0. The average Bonchev–Trinajstić information content (AvgIpc) is 3.13. The van der Waals surface area contributed by atoms with Crippen molar-refractivity contribution in [3.05, 3.63) is 89.8 Å². The lowest BCUT2D eigenvalue weighted by molar-refractivity contribution is 0.0958. The van der Waals surface area contributed by atoms with Crippen LogP contribution in [-0.4, -0.2) is 22.0 Å². The highest BCUT2D eigenvalue weighted by Gasteiger charge is 2.04. The van der Waals surface area contributed by atoms with E-state index >= 15 is 0 Å². The Morgan fingerprint density at radius 1 is 1.16 bits per heavy atom. The van der Waals surface area contributed by atoms with Gasteiger partial charge in [0.1, 0.15) is 5.82 Å². The Hall–Kier alpha value is -3.39. The number of carbonyl (C=O) groups excluding carboxylic acids is 1. The lowest BCUT2D eigenvalue weighted by Crippen LogP contribution is -2.23. The maximum absolute atomic E-state index is 13.4. The highest BCUT2D eigenvalue weighted by Crippen LogP contribution is 2.06. The maximum atomic E-state index is 13.4. The maximum Gasteiger partial charge on any atom is 0.252 e. The monoisotopic (exact) mass is 333 g/mol. The van der Waals surface area contributed by atoms with E-state index in [0.717, 1.165) is 5.56 Å². The molecule has 1 N–H and O–H groups in total. The molecule has 5 heteroatoms. The second kappa shape index (κ2) is 7.93. The molecule has 3 aromatic rings. The van der Waals surface area contributed by atoms with E-state index < -0.39 is 0 Å². The van der Waals surface area contributed by atoms with Crippen molar-refractivity contribution in [1.82, 2.24) is 14.9 Å². The van der Waals surface area contributed by atoms with E-state index in [9.17, 15) is 9.18 Å². The quantitative estimate of drug-likeness (QED) is 0.746. The van der Waals surface area contributed by atoms with Gasteiger partial charge in [0.05, 0.1) is 18.4 Å². The molecule has 1 amide bonds. The molecule has 0 aliphatic carbocycles. The highest BCUT2D eigenvalue weighted by atomic mass is 19.1. The van der Waals surface area contributed by atoms with Crippen LogP contribution in [0.5, 0.6) is 0 Å². The molecule has 0 atom stereocenters. The van der Waals surface area contributed by atoms with Crippen LogP contribution in [0.2, 0.25) is 0 Å². The number of imidazole rings is 1. The molecule has 0 bridgehead atoms. The zero-order valence-corrected chi connectivity index (χ0v) is 13.4. The van der Waals surface area contributed by atoms with E-state index in [0.29, 0.717) is 17.7 Å². The third-order valence-electron chi connectivity index (χ3n) is 3.57. The Morgan fingerprint density at radius 3 is 2.68 bits per heavy atom. The third-order valence-corrected chi connectivity index (χ3v) is 3.57. The summed E-state index contributed by atoms with van der Waals surface area (Å²) in [5, 5.41) is 2.70. The summed E-state index contributed by atoms with van der Waals surface area (Å²) in [6.07, 6.45) is 5.36. The van der Waals surface area contributed by atoms with E-state index in [-0.39, 0.29) is 18.3 Å². The first-order valence-electron chi connectivity index (χ1n) is 7.78. The van der Waals surface area contributed by atoms with Crippen LogP contribution in [0, 0.1) is 17.7 Å². The van der Waals surface area contributed by atoms with E-state index in [4.69, 9.17) is 0 Å². The van der Waals surface area contributed by atoms with Gasteiger partial charge >= 0.3 is 0 Å². The topological polar surface area (TPSA) is 46.9 Å². The summed E-state index contributed by atoms with van der Waals surface area (Å²) in [6, 6.07) is 13.6. The van der Waals surface area contributed by atoms with Crippen molar-refractivity contribution in [2.75, 3.05) is 6.54 Å². The zero-order valence-electron chi connectivity index (χ0n) is 13.4. The van der Waals surface area contributed by atoms with Crippen LogP contribution in [0.25, 0.3) is 0 Å². The number of rotatable bonds is 4. The molecule has 4 nitrogen and oxygen atoms in total. The standard InChI is InChI=1S/C20H16FN3O/c21-19-6-2-1-4-17(19)5-3-11-23-20(25)18-9-7-16(8-10-18)14-24-13-12-22-15-24/h1-2,4,6-10,12-13,15H,11,14H2,(H,23,25). The number of halogens is 1. The van der Waals surface area contributed by atoms with Crippen molar-refractivity contribution in [2.45, 2.75) is 6.54 Å². The fraction of sp³-hybridized carbons (Fsp3) is 0.100. The molecule has 124 valence electrons. The Labute approximate surface area is 145 Å². The molecule has 0 saturated carbocycles. The molecule has 2 aromatic carbocycles. The largest absolute Gasteiger partial charge is 0.341 e. The van der Waals surface area contributed by atoms with E-state index in [1.54, 1.807) is 42.9 Å². The van der Waals surface area contributed by atoms with Gasteiger partial charge in [0, 0.05) is 24.5 Å². The number of carbonyl (C=O) groups is 1. The van der Waals surface area contributed by atoms with Gasteiger partial charge in [0.25, 0.3) is 5.91 Å². The first kappa shape index (κ1) is 16.5. The van der Waals surface area contributed by atoms with Gasteiger partial charge in [-0.1, -0.05) is 36.1 Å². The van der Waals surface area contributed by atoms with E-state index in [1.807, 2.05) is 22.9 Å². The minimum atomic E-state index is -0.366. The van der Waals surface area contributed by atoms with Gasteiger partial charge in [-0.3, -0.25) is 4.79 Å². The van der Waals surface area contributed by atoms with Crippen LogP contribution in [0.4, 0.5) is 4.39 Å². The van der Waals surface area contributed by atoms with Gasteiger partial charge in [0.2, 0.25) is 0 Å². The molecule has 0 saturated heterocycles. The van der Waals surface area contributed by atoms with Gasteiger partial charge in [-0.2, -0.15) is 0 Å². The van der Waals surface area contributed by atoms with Crippen molar-refractivity contribution in [3.63, 3.8) is 0 Å². The number of aromatic nitrogens is 2. The minimum Gasteiger partial charge on any atom is -0.341 e. The minimum absolute atomic E-state index is 0.157. The second-order valence-corrected chi connectivity index (χ2v) is 5.40. The molecule has 0 aliphatic heterocycles. The van der Waals surface area contributed by atoms with Crippen LogP contribution in [0.1, 0.15) is 21.5 Å². The highest BCUT2D eigenvalue weighted by molar-refractivity contribution is 5.94. The summed E-state index contributed by atoms with van der Waals surface area (Å²) in [5.41, 5.74) is 1.96. The molecule has 0 unspecified atom stereocenters. The summed E-state index contributed by atoms with van der Waals surface area (Å²) in [5.74, 6) is 4.88. The van der Waals surface area contributed by atoms with E-state index in [2.05, 4.69) is 22.1 Å². The van der Waals surface area contributed by atoms with Crippen molar-refractivity contribution in [3.8, 4) is 11.8 Å². The zero-order chi connectivity index (χ0) is 17.5. The van der Waals surface area contributed by atoms with Gasteiger partial charge in [-0.15, -0.1) is 0 Å². The van der Waals surface area contributed by atoms with Gasteiger partial charge < -0.3 is 9.88 Å². The summed E-state index contributed by atoms with van der Waals surface area (Å²) >= 11 is 0. The number of nitrogens with zero attached hydrogens (tertiary/aromatic N) is 2. The van der Waals surface area contributed by atoms with Gasteiger partial charge in [0.15, 0.2) is 0 Å². The first-order chi connectivity index (χ1) is 12.2. The molecule has 0 fully saturated rings. The average molecular weight is 333 g/mol. The number of hydrogen-bond donors (Lipinski definition) is 1. The Morgan fingerprint density at radius 2 is 1.96 bits per heavy atom. The second-order valence-electron chi connectivity index (χ2n) is 5.40. The van der Waals surface area contributed by atoms with E-state index in [1.165, 1.54) is 6.07 Å². The molecule has 0 spiro atoms. The molecular weight excluding hydrogens is 317 g/mol. The molecule has 3 rings (SSSR count). The third kappa shape index (κ3) is 4.55. The summed E-state index contributed by atoms with van der Waals surface area (Å²) in [6.45, 7) is 0.861.